The molecule has 0 saturated heterocycles. The summed E-state index contributed by atoms with van der Waals surface area (Å²) < 4.78 is 6.11. The van der Waals surface area contributed by atoms with Gasteiger partial charge in [-0.2, -0.15) is 0 Å². The smallest absolute Gasteiger partial charge is 0.220 e. The lowest BCUT2D eigenvalue weighted by Crippen LogP contribution is -2.41. The summed E-state index contributed by atoms with van der Waals surface area (Å²) >= 11 is 0. The average Bonchev–Trinajstić information content (AvgIpc) is 2.66. The van der Waals surface area contributed by atoms with E-state index in [0.29, 0.717) is 6.42 Å². The maximum absolute atomic E-state index is 12.8. The Morgan fingerprint density at radius 3 is 2.75 bits per heavy atom. The van der Waals surface area contributed by atoms with E-state index in [9.17, 15) is 4.79 Å². The lowest BCUT2D eigenvalue weighted by Gasteiger charge is -2.38. The Labute approximate surface area is 166 Å². The number of benzene rings is 3. The van der Waals surface area contributed by atoms with Gasteiger partial charge in [-0.05, 0) is 49.6 Å². The first-order valence-electron chi connectivity index (χ1n) is 9.97. The van der Waals surface area contributed by atoms with Crippen molar-refractivity contribution in [2.45, 2.75) is 51.7 Å². The summed E-state index contributed by atoms with van der Waals surface area (Å²) in [5, 5.41) is 5.70. The molecule has 0 aliphatic carbocycles. The van der Waals surface area contributed by atoms with Crippen LogP contribution in [0.2, 0.25) is 0 Å². The van der Waals surface area contributed by atoms with Crippen LogP contribution in [0.4, 0.5) is 0 Å². The van der Waals surface area contributed by atoms with Gasteiger partial charge >= 0.3 is 0 Å². The van der Waals surface area contributed by atoms with E-state index in [2.05, 4.69) is 74.6 Å². The van der Waals surface area contributed by atoms with E-state index in [0.717, 1.165) is 24.2 Å². The van der Waals surface area contributed by atoms with Gasteiger partial charge in [0, 0.05) is 18.4 Å². The van der Waals surface area contributed by atoms with Gasteiger partial charge in [0.1, 0.15) is 11.4 Å². The highest BCUT2D eigenvalue weighted by Gasteiger charge is 2.34. The number of rotatable bonds is 4. The van der Waals surface area contributed by atoms with Crippen molar-refractivity contribution in [3.05, 3.63) is 77.4 Å². The lowest BCUT2D eigenvalue weighted by molar-refractivity contribution is -0.122. The van der Waals surface area contributed by atoms with Crippen molar-refractivity contribution in [2.24, 2.45) is 0 Å². The molecular weight excluding hydrogens is 346 g/mol. The lowest BCUT2D eigenvalue weighted by atomic mass is 9.88. The summed E-state index contributed by atoms with van der Waals surface area (Å²) in [6.07, 6.45) is 1.98. The number of ether oxygens (including phenoxy) is 1. The summed E-state index contributed by atoms with van der Waals surface area (Å²) in [4.78, 5) is 12.8. The molecule has 3 aromatic carbocycles. The van der Waals surface area contributed by atoms with Gasteiger partial charge in [-0.25, -0.2) is 0 Å². The molecule has 1 heterocycles. The first-order valence-corrected chi connectivity index (χ1v) is 9.97. The van der Waals surface area contributed by atoms with Crippen molar-refractivity contribution in [1.82, 2.24) is 5.32 Å². The molecule has 1 aliphatic heterocycles. The molecule has 0 unspecified atom stereocenters. The number of nitrogens with one attached hydrogen (secondary N) is 1. The molecule has 3 aromatic rings. The predicted molar refractivity (Wildman–Crippen MR) is 114 cm³/mol. The molecule has 1 atom stereocenters. The Bertz CT molecular complexity index is 1020. The monoisotopic (exact) mass is 373 g/mol. The fourth-order valence-corrected chi connectivity index (χ4v) is 4.13. The average molecular weight is 373 g/mol. The number of hydrogen-bond donors (Lipinski definition) is 1. The third-order valence-corrected chi connectivity index (χ3v) is 5.46. The van der Waals surface area contributed by atoms with Crippen LogP contribution in [0.15, 0.2) is 60.7 Å². The van der Waals surface area contributed by atoms with Crippen molar-refractivity contribution in [1.29, 1.82) is 0 Å². The molecule has 3 nitrogen and oxygen atoms in total. The minimum Gasteiger partial charge on any atom is -0.487 e. The number of carbonyl (C=O) groups excluding carboxylic acids is 1. The van der Waals surface area contributed by atoms with E-state index in [1.54, 1.807) is 0 Å². The summed E-state index contributed by atoms with van der Waals surface area (Å²) in [5.74, 6) is 0.962. The normalized spacial score (nSPS) is 17.6. The molecule has 144 valence electrons. The van der Waals surface area contributed by atoms with E-state index in [1.807, 2.05) is 12.1 Å². The zero-order valence-corrected chi connectivity index (χ0v) is 16.8. The van der Waals surface area contributed by atoms with Gasteiger partial charge in [-0.1, -0.05) is 60.2 Å². The van der Waals surface area contributed by atoms with Crippen LogP contribution in [0, 0.1) is 6.92 Å². The molecule has 0 fully saturated rings. The molecule has 1 amide bonds. The third kappa shape index (κ3) is 3.89. The molecule has 0 bridgehead atoms. The summed E-state index contributed by atoms with van der Waals surface area (Å²) in [7, 11) is 0. The topological polar surface area (TPSA) is 38.3 Å². The standard InChI is InChI=1S/C25H27NO2/c1-17-11-13-23-21(15-17)22(16-25(2,3)28-23)26-24(27)14-12-19-9-6-8-18-7-4-5-10-20(18)19/h4-11,13,15,22H,12,14,16H2,1-3H3,(H,26,27)/t22-/m1/s1. The first-order chi connectivity index (χ1) is 13.4. The van der Waals surface area contributed by atoms with Crippen LogP contribution in [0.5, 0.6) is 5.75 Å². The highest BCUT2D eigenvalue weighted by atomic mass is 16.5. The quantitative estimate of drug-likeness (QED) is 0.656. The maximum Gasteiger partial charge on any atom is 0.220 e. The molecule has 0 saturated carbocycles. The highest BCUT2D eigenvalue weighted by molar-refractivity contribution is 5.86. The zero-order valence-electron chi connectivity index (χ0n) is 16.8. The van der Waals surface area contributed by atoms with Crippen LogP contribution < -0.4 is 10.1 Å². The van der Waals surface area contributed by atoms with Crippen LogP contribution in [-0.4, -0.2) is 11.5 Å². The summed E-state index contributed by atoms with van der Waals surface area (Å²) in [5.41, 5.74) is 3.18. The van der Waals surface area contributed by atoms with Crippen molar-refractivity contribution >= 4 is 16.7 Å². The third-order valence-electron chi connectivity index (χ3n) is 5.46. The van der Waals surface area contributed by atoms with Crippen molar-refractivity contribution in [3.63, 3.8) is 0 Å². The van der Waals surface area contributed by atoms with E-state index < -0.39 is 0 Å². The Morgan fingerprint density at radius 2 is 1.89 bits per heavy atom. The predicted octanol–water partition coefficient (Wildman–Crippen LogP) is 5.50. The molecule has 4 rings (SSSR count). The Hall–Kier alpha value is -2.81. The maximum atomic E-state index is 12.8. The van der Waals surface area contributed by atoms with E-state index in [1.165, 1.54) is 21.9 Å². The van der Waals surface area contributed by atoms with Crippen molar-refractivity contribution in [2.75, 3.05) is 0 Å². The van der Waals surface area contributed by atoms with E-state index >= 15 is 0 Å². The number of aryl methyl sites for hydroxylation is 2. The minimum absolute atomic E-state index is 0.0151. The summed E-state index contributed by atoms with van der Waals surface area (Å²) in [6.45, 7) is 6.22. The highest BCUT2D eigenvalue weighted by Crippen LogP contribution is 2.39. The van der Waals surface area contributed by atoms with Crippen LogP contribution in [0.3, 0.4) is 0 Å². The molecule has 1 aliphatic rings. The summed E-state index contributed by atoms with van der Waals surface area (Å²) in [6, 6.07) is 20.8. The molecule has 0 aromatic heterocycles. The second-order valence-electron chi connectivity index (χ2n) is 8.37. The fourth-order valence-electron chi connectivity index (χ4n) is 4.13. The Kier molecular flexibility index (Phi) is 4.84. The largest absolute Gasteiger partial charge is 0.487 e. The first kappa shape index (κ1) is 18.5. The number of hydrogen-bond acceptors (Lipinski definition) is 2. The van der Waals surface area contributed by atoms with Crippen LogP contribution >= 0.6 is 0 Å². The van der Waals surface area contributed by atoms with E-state index in [-0.39, 0.29) is 17.6 Å². The van der Waals surface area contributed by atoms with E-state index in [4.69, 9.17) is 4.74 Å². The number of carbonyl (C=O) groups is 1. The van der Waals surface area contributed by atoms with Gasteiger partial charge in [0.15, 0.2) is 0 Å². The Morgan fingerprint density at radius 1 is 1.11 bits per heavy atom. The van der Waals surface area contributed by atoms with Gasteiger partial charge in [-0.15, -0.1) is 0 Å². The van der Waals surface area contributed by atoms with Crippen molar-refractivity contribution < 1.29 is 9.53 Å². The van der Waals surface area contributed by atoms with Gasteiger partial charge in [0.05, 0.1) is 6.04 Å². The van der Waals surface area contributed by atoms with Crippen LogP contribution in [0.1, 0.15) is 49.4 Å². The number of amides is 1. The minimum atomic E-state index is -0.296. The second kappa shape index (κ2) is 7.31. The Balaban J connectivity index is 1.49. The molecule has 0 radical (unpaired) electrons. The van der Waals surface area contributed by atoms with Gasteiger partial charge < -0.3 is 10.1 Å². The molecular formula is C25H27NO2. The molecule has 0 spiro atoms. The van der Waals surface area contributed by atoms with Gasteiger partial charge in [-0.3, -0.25) is 4.79 Å². The van der Waals surface area contributed by atoms with Crippen molar-refractivity contribution in [3.8, 4) is 5.75 Å². The number of fused-ring (bicyclic) bond motifs is 2. The van der Waals surface area contributed by atoms with Gasteiger partial charge in [0.2, 0.25) is 5.91 Å². The second-order valence-corrected chi connectivity index (χ2v) is 8.37. The van der Waals surface area contributed by atoms with Crippen LogP contribution in [-0.2, 0) is 11.2 Å². The van der Waals surface area contributed by atoms with Crippen LogP contribution in [0.25, 0.3) is 10.8 Å². The molecule has 3 heteroatoms. The molecule has 1 N–H and O–H groups in total. The van der Waals surface area contributed by atoms with Gasteiger partial charge in [0.25, 0.3) is 0 Å². The zero-order chi connectivity index (χ0) is 19.7. The molecule has 28 heavy (non-hydrogen) atoms. The SMILES string of the molecule is Cc1ccc2c(c1)[C@H](NC(=O)CCc1cccc3ccccc13)CC(C)(C)O2. The fraction of sp³-hybridized carbons (Fsp3) is 0.320.